The fourth-order valence-corrected chi connectivity index (χ4v) is 1.47. The van der Waals surface area contributed by atoms with Gasteiger partial charge < -0.3 is 9.84 Å². The van der Waals surface area contributed by atoms with Crippen molar-refractivity contribution in [3.8, 4) is 0 Å². The van der Waals surface area contributed by atoms with E-state index in [0.29, 0.717) is 12.6 Å². The Bertz CT molecular complexity index is 165. The minimum atomic E-state index is -2.25. The van der Waals surface area contributed by atoms with Crippen LogP contribution in [0.4, 0.5) is 0 Å². The van der Waals surface area contributed by atoms with Gasteiger partial charge in [0.05, 0.1) is 6.61 Å². The van der Waals surface area contributed by atoms with E-state index in [-0.39, 0.29) is 0 Å². The third kappa shape index (κ3) is 12.1. The molecule has 0 aromatic carbocycles. The first-order valence-corrected chi connectivity index (χ1v) is 7.36. The number of unbranched alkanes of at least 4 members (excludes halogenated alkanes) is 1. The van der Waals surface area contributed by atoms with Crippen molar-refractivity contribution in [3.05, 3.63) is 0 Å². The molecular formula is C9H22NO2P. The van der Waals surface area contributed by atoms with E-state index in [1.165, 1.54) is 0 Å². The minimum absolute atomic E-state index is 0.546. The molecule has 0 fully saturated rings. The summed E-state index contributed by atoms with van der Waals surface area (Å²) in [6.45, 7) is 9.19. The molecule has 0 amide bonds. The van der Waals surface area contributed by atoms with E-state index >= 15 is 0 Å². The summed E-state index contributed by atoms with van der Waals surface area (Å²) in [5.41, 5.74) is 0. The molecule has 0 spiro atoms. The molecule has 80 valence electrons. The van der Waals surface area contributed by atoms with Crippen molar-refractivity contribution >= 4 is 7.37 Å². The number of nitrogens with one attached hydrogen (secondary N) is 1. The summed E-state index contributed by atoms with van der Waals surface area (Å²) in [5.74, 6) is 0. The minimum Gasteiger partial charge on any atom is -0.329 e. The van der Waals surface area contributed by atoms with Gasteiger partial charge in [0.25, 0.3) is 0 Å². The van der Waals surface area contributed by atoms with Gasteiger partial charge >= 0.3 is 0 Å². The lowest BCUT2D eigenvalue weighted by Crippen LogP contribution is -2.23. The highest BCUT2D eigenvalue weighted by atomic mass is 31.2. The van der Waals surface area contributed by atoms with Crippen LogP contribution in [0.2, 0.25) is 0 Å². The van der Waals surface area contributed by atoms with Crippen molar-refractivity contribution < 1.29 is 9.09 Å². The summed E-state index contributed by atoms with van der Waals surface area (Å²) in [6, 6.07) is 0.546. The molecule has 0 aliphatic heterocycles. The second-order valence-corrected chi connectivity index (χ2v) is 6.66. The van der Waals surface area contributed by atoms with Crippen LogP contribution in [0.15, 0.2) is 0 Å². The molecule has 0 aliphatic carbocycles. The van der Waals surface area contributed by atoms with Crippen molar-refractivity contribution in [2.45, 2.75) is 32.7 Å². The smallest absolute Gasteiger partial charge is 0.197 e. The topological polar surface area (TPSA) is 38.3 Å². The highest BCUT2D eigenvalue weighted by molar-refractivity contribution is 7.57. The maximum atomic E-state index is 11.1. The molecule has 0 radical (unpaired) electrons. The van der Waals surface area contributed by atoms with Gasteiger partial charge in [0.1, 0.15) is 0 Å². The van der Waals surface area contributed by atoms with Crippen LogP contribution in [0, 0.1) is 0 Å². The zero-order valence-electron chi connectivity index (χ0n) is 9.17. The monoisotopic (exact) mass is 207 g/mol. The standard InChI is InChI=1S/C9H22NO2P/c1-9(2)10-7-5-6-8-12-13(3,4)11/h9-10H,5-8H2,1-4H3. The van der Waals surface area contributed by atoms with E-state index in [4.69, 9.17) is 4.52 Å². The lowest BCUT2D eigenvalue weighted by molar-refractivity contribution is 0.308. The molecule has 0 saturated heterocycles. The molecule has 0 saturated carbocycles. The molecular weight excluding hydrogens is 185 g/mol. The van der Waals surface area contributed by atoms with Crippen molar-refractivity contribution in [1.29, 1.82) is 0 Å². The lowest BCUT2D eigenvalue weighted by Gasteiger charge is -2.09. The molecule has 13 heavy (non-hydrogen) atoms. The molecule has 0 heterocycles. The van der Waals surface area contributed by atoms with Crippen LogP contribution >= 0.6 is 7.37 Å². The highest BCUT2D eigenvalue weighted by Crippen LogP contribution is 2.37. The molecule has 1 N–H and O–H groups in total. The zero-order chi connectivity index (χ0) is 10.3. The van der Waals surface area contributed by atoms with Crippen molar-refractivity contribution in [2.24, 2.45) is 0 Å². The third-order valence-corrected chi connectivity index (χ3v) is 2.33. The predicted molar refractivity (Wildman–Crippen MR) is 57.8 cm³/mol. The van der Waals surface area contributed by atoms with Crippen LogP contribution in [0.5, 0.6) is 0 Å². The molecule has 0 unspecified atom stereocenters. The molecule has 3 nitrogen and oxygen atoms in total. The van der Waals surface area contributed by atoms with Gasteiger partial charge in [-0.15, -0.1) is 0 Å². The Balaban J connectivity index is 3.14. The van der Waals surface area contributed by atoms with Gasteiger partial charge in [-0.2, -0.15) is 0 Å². The summed E-state index contributed by atoms with van der Waals surface area (Å²) in [5, 5.41) is 3.32. The van der Waals surface area contributed by atoms with Gasteiger partial charge in [-0.25, -0.2) is 0 Å². The van der Waals surface area contributed by atoms with Crippen molar-refractivity contribution in [2.75, 3.05) is 26.5 Å². The van der Waals surface area contributed by atoms with E-state index in [1.807, 2.05) is 0 Å². The van der Waals surface area contributed by atoms with Gasteiger partial charge in [0.15, 0.2) is 7.37 Å². The Hall–Kier alpha value is 0.150. The SMILES string of the molecule is CC(C)NCCCCOP(C)(C)=O. The van der Waals surface area contributed by atoms with Crippen LogP contribution in [-0.4, -0.2) is 32.5 Å². The lowest BCUT2D eigenvalue weighted by atomic mass is 10.3. The fourth-order valence-electron chi connectivity index (χ4n) is 0.902. The molecule has 0 aliphatic rings. The predicted octanol–water partition coefficient (Wildman–Crippen LogP) is 2.32. The molecule has 0 atom stereocenters. The Morgan fingerprint density at radius 1 is 1.31 bits per heavy atom. The number of rotatable bonds is 7. The summed E-state index contributed by atoms with van der Waals surface area (Å²) in [6.07, 6.45) is 2.06. The molecule has 0 aromatic rings. The first kappa shape index (κ1) is 13.2. The third-order valence-electron chi connectivity index (χ3n) is 1.53. The van der Waals surface area contributed by atoms with Gasteiger partial charge in [0.2, 0.25) is 0 Å². The average molecular weight is 207 g/mol. The number of hydrogen-bond acceptors (Lipinski definition) is 3. The van der Waals surface area contributed by atoms with E-state index in [2.05, 4.69) is 19.2 Å². The van der Waals surface area contributed by atoms with Gasteiger partial charge in [-0.1, -0.05) is 13.8 Å². The summed E-state index contributed by atoms with van der Waals surface area (Å²) < 4.78 is 16.3. The van der Waals surface area contributed by atoms with E-state index in [1.54, 1.807) is 13.3 Å². The van der Waals surface area contributed by atoms with Gasteiger partial charge in [0, 0.05) is 19.4 Å². The normalized spacial score (nSPS) is 12.4. The van der Waals surface area contributed by atoms with Crippen molar-refractivity contribution in [1.82, 2.24) is 5.32 Å². The Kier molecular flexibility index (Phi) is 6.66. The Labute approximate surface area is 81.7 Å². The second-order valence-electron chi connectivity index (χ2n) is 3.90. The maximum Gasteiger partial charge on any atom is 0.197 e. The van der Waals surface area contributed by atoms with Gasteiger partial charge in [-0.3, -0.25) is 4.57 Å². The summed E-state index contributed by atoms with van der Waals surface area (Å²) in [7, 11) is -2.25. The zero-order valence-corrected chi connectivity index (χ0v) is 10.1. The van der Waals surface area contributed by atoms with Crippen molar-refractivity contribution in [3.63, 3.8) is 0 Å². The van der Waals surface area contributed by atoms with Crippen LogP contribution in [0.25, 0.3) is 0 Å². The fraction of sp³-hybridized carbons (Fsp3) is 1.00. The maximum absolute atomic E-state index is 11.1. The average Bonchev–Trinajstić information content (AvgIpc) is 1.93. The van der Waals surface area contributed by atoms with Crippen LogP contribution < -0.4 is 5.32 Å². The van der Waals surface area contributed by atoms with E-state index < -0.39 is 7.37 Å². The molecule has 0 bridgehead atoms. The number of hydrogen-bond donors (Lipinski definition) is 1. The van der Waals surface area contributed by atoms with Crippen LogP contribution in [0.3, 0.4) is 0 Å². The van der Waals surface area contributed by atoms with E-state index in [0.717, 1.165) is 19.4 Å². The largest absolute Gasteiger partial charge is 0.329 e. The molecule has 0 rings (SSSR count). The quantitative estimate of drug-likeness (QED) is 0.514. The van der Waals surface area contributed by atoms with Crippen LogP contribution in [0.1, 0.15) is 26.7 Å². The first-order valence-electron chi connectivity index (χ1n) is 4.85. The Morgan fingerprint density at radius 2 is 1.92 bits per heavy atom. The first-order chi connectivity index (χ1) is 5.92. The molecule has 4 heteroatoms. The highest BCUT2D eigenvalue weighted by Gasteiger charge is 2.05. The summed E-state index contributed by atoms with van der Waals surface area (Å²) in [4.78, 5) is 0. The Morgan fingerprint density at radius 3 is 2.38 bits per heavy atom. The van der Waals surface area contributed by atoms with Crippen LogP contribution in [-0.2, 0) is 9.09 Å². The van der Waals surface area contributed by atoms with E-state index in [9.17, 15) is 4.57 Å². The second kappa shape index (κ2) is 6.58. The van der Waals surface area contributed by atoms with Gasteiger partial charge in [-0.05, 0) is 19.4 Å². The summed E-state index contributed by atoms with van der Waals surface area (Å²) >= 11 is 0. The molecule has 0 aromatic heterocycles.